The maximum Gasteiger partial charge on any atom is 0.412 e. The summed E-state index contributed by atoms with van der Waals surface area (Å²) >= 11 is 0. The van der Waals surface area contributed by atoms with Crippen molar-refractivity contribution in [1.29, 1.82) is 0 Å². The van der Waals surface area contributed by atoms with E-state index in [0.29, 0.717) is 28.6 Å². The molecule has 3 N–H and O–H groups in total. The molecule has 2 aromatic rings. The fourth-order valence-corrected chi connectivity index (χ4v) is 2.40. The van der Waals surface area contributed by atoms with E-state index in [0.717, 1.165) is 5.75 Å². The molecule has 0 bridgehead atoms. The number of carbonyl (C=O) groups is 1. The van der Waals surface area contributed by atoms with Crippen LogP contribution in [0.4, 0.5) is 16.2 Å². The normalized spacial score (nSPS) is 13.4. The van der Waals surface area contributed by atoms with Crippen molar-refractivity contribution >= 4 is 17.5 Å². The van der Waals surface area contributed by atoms with E-state index < -0.39 is 11.7 Å². The summed E-state index contributed by atoms with van der Waals surface area (Å²) < 4.78 is 25.8. The van der Waals surface area contributed by atoms with E-state index in [9.17, 15) is 4.79 Å². The van der Waals surface area contributed by atoms with Gasteiger partial charge in [0.15, 0.2) is 23.0 Å². The van der Waals surface area contributed by atoms with Gasteiger partial charge in [-0.25, -0.2) is 4.79 Å². The molecule has 0 aliphatic carbocycles. The zero-order chi connectivity index (χ0) is 19.4. The Labute approximate surface area is 157 Å². The first-order chi connectivity index (χ1) is 12.8. The third-order valence-corrected chi connectivity index (χ3v) is 3.46. The van der Waals surface area contributed by atoms with Gasteiger partial charge in [-0.1, -0.05) is 12.1 Å². The quantitative estimate of drug-likeness (QED) is 0.733. The first-order valence-electron chi connectivity index (χ1n) is 8.36. The summed E-state index contributed by atoms with van der Waals surface area (Å²) in [6.07, 6.45) is -0.513. The molecule has 0 aromatic heterocycles. The molecule has 0 atom stereocenters. The molecule has 0 radical (unpaired) electrons. The van der Waals surface area contributed by atoms with Crippen molar-refractivity contribution in [3.05, 3.63) is 36.4 Å². The van der Waals surface area contributed by atoms with Crippen LogP contribution in [0.2, 0.25) is 0 Å². The topological polar surface area (TPSA) is 101 Å². The van der Waals surface area contributed by atoms with Gasteiger partial charge in [-0.15, -0.1) is 0 Å². The fraction of sp³-hybridized carbons (Fsp3) is 0.316. The largest absolute Gasteiger partial charge is 0.454 e. The molecule has 0 saturated heterocycles. The Morgan fingerprint density at radius 2 is 1.56 bits per heavy atom. The van der Waals surface area contributed by atoms with Crippen molar-refractivity contribution in [2.45, 2.75) is 26.4 Å². The summed E-state index contributed by atoms with van der Waals surface area (Å²) in [5, 5.41) is 2.63. The van der Waals surface area contributed by atoms with Gasteiger partial charge >= 0.3 is 6.09 Å². The summed E-state index contributed by atoms with van der Waals surface area (Å²) in [4.78, 5) is 11.6. The van der Waals surface area contributed by atoms with E-state index in [1.807, 2.05) is 32.9 Å². The maximum atomic E-state index is 11.6. The van der Waals surface area contributed by atoms with Gasteiger partial charge in [0.2, 0.25) is 13.6 Å². The summed E-state index contributed by atoms with van der Waals surface area (Å²) in [7, 11) is 0. The molecule has 4 rings (SSSR count). The number of hydrogen-bond donors (Lipinski definition) is 2. The number of nitrogen functional groups attached to an aromatic ring is 1. The molecule has 0 unspecified atom stereocenters. The first-order valence-corrected chi connectivity index (χ1v) is 8.36. The molecule has 2 aliphatic rings. The molecular formula is C19H22N2O6. The Morgan fingerprint density at radius 3 is 2.19 bits per heavy atom. The smallest absolute Gasteiger partial charge is 0.412 e. The highest BCUT2D eigenvalue weighted by atomic mass is 16.7. The zero-order valence-corrected chi connectivity index (χ0v) is 15.4. The molecule has 0 fully saturated rings. The van der Waals surface area contributed by atoms with Gasteiger partial charge < -0.3 is 29.4 Å². The van der Waals surface area contributed by atoms with Gasteiger partial charge in [-0.05, 0) is 45.0 Å². The van der Waals surface area contributed by atoms with Crippen LogP contribution < -0.4 is 30.0 Å². The summed E-state index contributed by atoms with van der Waals surface area (Å²) in [5.41, 5.74) is 6.22. The van der Waals surface area contributed by atoms with E-state index in [1.54, 1.807) is 24.3 Å². The Kier molecular flexibility index (Phi) is 5.16. The Balaban J connectivity index is 0.000000177. The average molecular weight is 374 g/mol. The SMILES string of the molecule is CC(C)(C)OC(=O)Nc1cccc2c1OCO2.Nc1cccc2c1OCO2. The highest BCUT2D eigenvalue weighted by molar-refractivity contribution is 5.88. The lowest BCUT2D eigenvalue weighted by atomic mass is 10.2. The molecule has 1 amide bonds. The Bertz CT molecular complexity index is 831. The van der Waals surface area contributed by atoms with Crippen molar-refractivity contribution in [1.82, 2.24) is 0 Å². The van der Waals surface area contributed by atoms with Crippen LogP contribution >= 0.6 is 0 Å². The monoisotopic (exact) mass is 374 g/mol. The second kappa shape index (κ2) is 7.53. The van der Waals surface area contributed by atoms with E-state index in [-0.39, 0.29) is 13.6 Å². The van der Waals surface area contributed by atoms with Crippen molar-refractivity contribution in [3.63, 3.8) is 0 Å². The van der Waals surface area contributed by atoms with Crippen LogP contribution in [0.5, 0.6) is 23.0 Å². The maximum absolute atomic E-state index is 11.6. The van der Waals surface area contributed by atoms with E-state index in [1.165, 1.54) is 0 Å². The average Bonchev–Trinajstić information content (AvgIpc) is 3.23. The van der Waals surface area contributed by atoms with E-state index >= 15 is 0 Å². The molecule has 2 aromatic carbocycles. The Hall–Kier alpha value is -3.29. The molecule has 2 aliphatic heterocycles. The number of amides is 1. The highest BCUT2D eigenvalue weighted by Crippen LogP contribution is 2.39. The molecule has 2 heterocycles. The van der Waals surface area contributed by atoms with Crippen molar-refractivity contribution in [3.8, 4) is 23.0 Å². The number of nitrogens with one attached hydrogen (secondary N) is 1. The van der Waals surface area contributed by atoms with Crippen molar-refractivity contribution < 1.29 is 28.5 Å². The summed E-state index contributed by atoms with van der Waals surface area (Å²) in [6.45, 7) is 5.87. The van der Waals surface area contributed by atoms with Gasteiger partial charge in [0.25, 0.3) is 0 Å². The predicted octanol–water partition coefficient (Wildman–Crippen LogP) is 3.76. The lowest BCUT2D eigenvalue weighted by Crippen LogP contribution is -2.27. The van der Waals surface area contributed by atoms with E-state index in [4.69, 9.17) is 29.4 Å². The van der Waals surface area contributed by atoms with Crippen LogP contribution in [0, 0.1) is 0 Å². The van der Waals surface area contributed by atoms with Gasteiger partial charge in [-0.2, -0.15) is 0 Å². The van der Waals surface area contributed by atoms with Crippen LogP contribution in [0.3, 0.4) is 0 Å². The number of hydrogen-bond acceptors (Lipinski definition) is 7. The first kappa shape index (κ1) is 18.5. The number of anilines is 2. The standard InChI is InChI=1S/C12H15NO4.C7H7NO2/c1-12(2,3)17-11(14)13-8-5-4-6-9-10(8)16-7-15-9;8-5-2-1-3-6-7(5)10-4-9-6/h4-6H,7H2,1-3H3,(H,13,14);1-3H,4,8H2. The highest BCUT2D eigenvalue weighted by Gasteiger charge is 2.21. The van der Waals surface area contributed by atoms with E-state index in [2.05, 4.69) is 5.32 Å². The third-order valence-electron chi connectivity index (χ3n) is 3.46. The molecule has 0 spiro atoms. The second-order valence-corrected chi connectivity index (χ2v) is 6.75. The van der Waals surface area contributed by atoms with Crippen molar-refractivity contribution in [2.75, 3.05) is 24.6 Å². The minimum Gasteiger partial charge on any atom is -0.454 e. The number of carbonyl (C=O) groups excluding carboxylic acids is 1. The minimum atomic E-state index is -0.528. The number of ether oxygens (including phenoxy) is 5. The van der Waals surface area contributed by atoms with Gasteiger partial charge in [0.05, 0.1) is 11.4 Å². The van der Waals surface area contributed by atoms with Gasteiger partial charge in [0, 0.05) is 0 Å². The molecule has 0 saturated carbocycles. The number of rotatable bonds is 1. The second-order valence-electron chi connectivity index (χ2n) is 6.75. The molecule has 8 heteroatoms. The Morgan fingerprint density at radius 1 is 0.963 bits per heavy atom. The van der Waals surface area contributed by atoms with Crippen LogP contribution in [0.15, 0.2) is 36.4 Å². The zero-order valence-electron chi connectivity index (χ0n) is 15.4. The van der Waals surface area contributed by atoms with Crippen LogP contribution in [0.25, 0.3) is 0 Å². The van der Waals surface area contributed by atoms with Gasteiger partial charge in [0.1, 0.15) is 5.60 Å². The fourth-order valence-electron chi connectivity index (χ4n) is 2.40. The predicted molar refractivity (Wildman–Crippen MR) is 99.4 cm³/mol. The number of nitrogens with two attached hydrogens (primary N) is 1. The third kappa shape index (κ3) is 4.66. The number of fused-ring (bicyclic) bond motifs is 2. The lowest BCUT2D eigenvalue weighted by molar-refractivity contribution is 0.0635. The van der Waals surface area contributed by atoms with Crippen LogP contribution in [-0.2, 0) is 4.74 Å². The summed E-state index contributed by atoms with van der Waals surface area (Å²) in [5.74, 6) is 2.57. The molecule has 144 valence electrons. The van der Waals surface area contributed by atoms with Crippen LogP contribution in [-0.4, -0.2) is 25.3 Å². The minimum absolute atomic E-state index is 0.169. The molecule has 27 heavy (non-hydrogen) atoms. The summed E-state index contributed by atoms with van der Waals surface area (Å²) in [6, 6.07) is 10.7. The van der Waals surface area contributed by atoms with Crippen LogP contribution in [0.1, 0.15) is 20.8 Å². The van der Waals surface area contributed by atoms with Gasteiger partial charge in [-0.3, -0.25) is 5.32 Å². The molecular weight excluding hydrogens is 352 g/mol. The van der Waals surface area contributed by atoms with Crippen molar-refractivity contribution in [2.24, 2.45) is 0 Å². The number of benzene rings is 2. The number of para-hydroxylation sites is 2. The lowest BCUT2D eigenvalue weighted by Gasteiger charge is -2.19. The molecule has 8 nitrogen and oxygen atoms in total.